The van der Waals surface area contributed by atoms with Crippen LogP contribution in [-0.2, 0) is 13.0 Å². The molecule has 0 spiro atoms. The van der Waals surface area contributed by atoms with E-state index in [0.717, 1.165) is 48.9 Å². The van der Waals surface area contributed by atoms with Crippen LogP contribution < -0.4 is 10.2 Å². The van der Waals surface area contributed by atoms with Gasteiger partial charge in [0.25, 0.3) is 0 Å². The molecule has 1 heterocycles. The van der Waals surface area contributed by atoms with Crippen LogP contribution in [0.25, 0.3) is 4.85 Å². The minimum atomic E-state index is 0.560. The third kappa shape index (κ3) is 5.21. The van der Waals surface area contributed by atoms with Gasteiger partial charge < -0.3 is 10.2 Å². The summed E-state index contributed by atoms with van der Waals surface area (Å²) >= 11 is 6.14. The van der Waals surface area contributed by atoms with Crippen molar-refractivity contribution in [1.29, 1.82) is 0 Å². The van der Waals surface area contributed by atoms with E-state index in [0.29, 0.717) is 17.5 Å². The summed E-state index contributed by atoms with van der Waals surface area (Å²) in [5.74, 6) is 1.17. The maximum Gasteiger partial charge on any atom is 0.187 e. The van der Waals surface area contributed by atoms with Crippen molar-refractivity contribution >= 4 is 23.0 Å². The first-order valence-electron chi connectivity index (χ1n) is 10.4. The molecule has 1 aliphatic heterocycles. The zero-order chi connectivity index (χ0) is 20.8. The van der Waals surface area contributed by atoms with Crippen molar-refractivity contribution in [2.24, 2.45) is 11.8 Å². The van der Waals surface area contributed by atoms with Gasteiger partial charge in [-0.25, -0.2) is 4.85 Å². The fourth-order valence-electron chi connectivity index (χ4n) is 4.30. The average Bonchev–Trinajstić information content (AvgIpc) is 3.21. The van der Waals surface area contributed by atoms with E-state index >= 15 is 0 Å². The predicted octanol–water partition coefficient (Wildman–Crippen LogP) is 5.98. The summed E-state index contributed by atoms with van der Waals surface area (Å²) in [6, 6.07) is 26.8. The van der Waals surface area contributed by atoms with Gasteiger partial charge in [0.05, 0.1) is 6.57 Å². The lowest BCUT2D eigenvalue weighted by Gasteiger charge is -2.30. The molecule has 1 N–H and O–H groups in total. The van der Waals surface area contributed by atoms with Gasteiger partial charge in [0.1, 0.15) is 0 Å². The molecule has 0 bridgehead atoms. The van der Waals surface area contributed by atoms with Gasteiger partial charge in [0.2, 0.25) is 0 Å². The Bertz CT molecular complexity index is 995. The first-order chi connectivity index (χ1) is 14.7. The normalized spacial score (nSPS) is 18.1. The van der Waals surface area contributed by atoms with Crippen LogP contribution in [-0.4, -0.2) is 19.6 Å². The molecule has 1 aliphatic rings. The smallest absolute Gasteiger partial charge is 0.187 e. The summed E-state index contributed by atoms with van der Waals surface area (Å²) in [6.07, 6.45) is 1.10. The van der Waals surface area contributed by atoms with Crippen LogP contribution in [0.5, 0.6) is 0 Å². The van der Waals surface area contributed by atoms with Crippen LogP contribution in [0.15, 0.2) is 78.9 Å². The van der Waals surface area contributed by atoms with Crippen molar-refractivity contribution in [1.82, 2.24) is 5.32 Å². The maximum atomic E-state index is 7.31. The zero-order valence-electron chi connectivity index (χ0n) is 17.0. The third-order valence-electron chi connectivity index (χ3n) is 5.88. The number of nitrogens with zero attached hydrogens (tertiary/aromatic N) is 2. The largest absolute Gasteiger partial charge is 0.367 e. The summed E-state index contributed by atoms with van der Waals surface area (Å²) in [5, 5.41) is 4.35. The number of hydrogen-bond acceptors (Lipinski definition) is 2. The highest BCUT2D eigenvalue weighted by Crippen LogP contribution is 2.28. The highest BCUT2D eigenvalue weighted by atomic mass is 35.5. The second kappa shape index (κ2) is 9.80. The van der Waals surface area contributed by atoms with Gasteiger partial charge in [0, 0.05) is 23.8 Å². The number of halogens is 1. The molecular weight excluding hydrogens is 390 g/mol. The molecular formula is C26H26ClN3. The molecule has 2 atom stereocenters. The Kier molecular flexibility index (Phi) is 6.69. The van der Waals surface area contributed by atoms with E-state index in [1.807, 2.05) is 30.3 Å². The minimum Gasteiger partial charge on any atom is -0.367 e. The second-order valence-corrected chi connectivity index (χ2v) is 8.44. The summed E-state index contributed by atoms with van der Waals surface area (Å²) in [4.78, 5) is 6.01. The van der Waals surface area contributed by atoms with E-state index in [2.05, 4.69) is 63.6 Å². The molecule has 4 rings (SSSR count). The van der Waals surface area contributed by atoms with Crippen molar-refractivity contribution in [2.45, 2.75) is 13.0 Å². The summed E-state index contributed by atoms with van der Waals surface area (Å²) < 4.78 is 0. The van der Waals surface area contributed by atoms with E-state index in [4.69, 9.17) is 18.2 Å². The van der Waals surface area contributed by atoms with Gasteiger partial charge in [-0.3, -0.25) is 0 Å². The number of hydrogen-bond donors (Lipinski definition) is 1. The third-order valence-corrected chi connectivity index (χ3v) is 6.13. The van der Waals surface area contributed by atoms with Crippen molar-refractivity contribution in [3.63, 3.8) is 0 Å². The number of nitrogens with one attached hydrogen (secondary N) is 1. The summed E-state index contributed by atoms with van der Waals surface area (Å²) in [7, 11) is 0. The molecule has 30 heavy (non-hydrogen) atoms. The predicted molar refractivity (Wildman–Crippen MR) is 125 cm³/mol. The van der Waals surface area contributed by atoms with Gasteiger partial charge in [-0.15, -0.1) is 0 Å². The fraction of sp³-hybridized carbons (Fsp3) is 0.269. The molecule has 0 saturated carbocycles. The standard InChI is InChI=1S/C26H26ClN3/c1-28-25-9-5-8-21(15-25)18-30(26-12-10-24(27)11-13-26)19-23-17-29-16-22(23)14-20-6-3-2-4-7-20/h2-13,15,22-23,29H,14,16-19H2/t22-,23+/m0/s1. The number of benzene rings is 3. The van der Waals surface area contributed by atoms with E-state index in [1.54, 1.807) is 0 Å². The van der Waals surface area contributed by atoms with Crippen LogP contribution in [0.1, 0.15) is 11.1 Å². The van der Waals surface area contributed by atoms with Gasteiger partial charge >= 0.3 is 0 Å². The Morgan fingerprint density at radius 1 is 0.900 bits per heavy atom. The van der Waals surface area contributed by atoms with Crippen LogP contribution >= 0.6 is 11.6 Å². The Morgan fingerprint density at radius 3 is 2.40 bits per heavy atom. The van der Waals surface area contributed by atoms with E-state index in [1.165, 1.54) is 5.56 Å². The van der Waals surface area contributed by atoms with E-state index < -0.39 is 0 Å². The van der Waals surface area contributed by atoms with E-state index in [-0.39, 0.29) is 0 Å². The lowest BCUT2D eigenvalue weighted by atomic mass is 9.89. The van der Waals surface area contributed by atoms with Crippen molar-refractivity contribution in [3.8, 4) is 0 Å². The second-order valence-electron chi connectivity index (χ2n) is 8.01. The van der Waals surface area contributed by atoms with Crippen molar-refractivity contribution < 1.29 is 0 Å². The molecule has 3 nitrogen and oxygen atoms in total. The molecule has 1 saturated heterocycles. The van der Waals surface area contributed by atoms with Gasteiger partial charge in [0.15, 0.2) is 5.69 Å². The van der Waals surface area contributed by atoms with Crippen LogP contribution in [0.3, 0.4) is 0 Å². The lowest BCUT2D eigenvalue weighted by Crippen LogP contribution is -2.33. The minimum absolute atomic E-state index is 0.560. The monoisotopic (exact) mass is 415 g/mol. The summed E-state index contributed by atoms with van der Waals surface area (Å²) in [5.41, 5.74) is 4.41. The van der Waals surface area contributed by atoms with Crippen LogP contribution in [0.4, 0.5) is 11.4 Å². The topological polar surface area (TPSA) is 19.6 Å². The van der Waals surface area contributed by atoms with E-state index in [9.17, 15) is 0 Å². The Labute approximate surface area is 184 Å². The molecule has 0 aromatic heterocycles. The van der Waals surface area contributed by atoms with Crippen LogP contribution in [0, 0.1) is 18.4 Å². The Balaban J connectivity index is 1.54. The lowest BCUT2D eigenvalue weighted by molar-refractivity contribution is 0.413. The first kappa shape index (κ1) is 20.5. The van der Waals surface area contributed by atoms with Gasteiger partial charge in [-0.1, -0.05) is 66.2 Å². The molecule has 0 unspecified atom stereocenters. The SMILES string of the molecule is [C-]#[N+]c1cccc(CN(C[C@H]2CNC[C@@H]2Cc2ccccc2)c2ccc(Cl)cc2)c1. The Hall–Kier alpha value is -2.80. The molecule has 1 fully saturated rings. The number of anilines is 1. The molecule has 152 valence electrons. The van der Waals surface area contributed by atoms with Crippen LogP contribution in [0.2, 0.25) is 5.02 Å². The molecule has 0 amide bonds. The highest BCUT2D eigenvalue weighted by Gasteiger charge is 2.29. The van der Waals surface area contributed by atoms with Crippen molar-refractivity contribution in [2.75, 3.05) is 24.5 Å². The molecule has 3 aromatic rings. The average molecular weight is 416 g/mol. The van der Waals surface area contributed by atoms with Gasteiger partial charge in [-0.05, 0) is 66.7 Å². The van der Waals surface area contributed by atoms with Gasteiger partial charge in [-0.2, -0.15) is 0 Å². The van der Waals surface area contributed by atoms with Crippen molar-refractivity contribution in [3.05, 3.63) is 106 Å². The first-order valence-corrected chi connectivity index (χ1v) is 10.8. The highest BCUT2D eigenvalue weighted by molar-refractivity contribution is 6.30. The Morgan fingerprint density at radius 2 is 1.63 bits per heavy atom. The quantitative estimate of drug-likeness (QED) is 0.479. The maximum absolute atomic E-state index is 7.31. The summed E-state index contributed by atoms with van der Waals surface area (Å²) in [6.45, 7) is 11.1. The molecule has 3 aromatic carbocycles. The zero-order valence-corrected chi connectivity index (χ0v) is 17.7. The number of rotatable bonds is 7. The molecule has 0 aliphatic carbocycles. The molecule has 4 heteroatoms. The fourth-order valence-corrected chi connectivity index (χ4v) is 4.42. The molecule has 0 radical (unpaired) electrons.